The van der Waals surface area contributed by atoms with Crippen molar-refractivity contribution in [3.8, 4) is 0 Å². The Labute approximate surface area is 114 Å². The van der Waals surface area contributed by atoms with E-state index >= 15 is 0 Å². The van der Waals surface area contributed by atoms with Gasteiger partial charge in [-0.15, -0.1) is 0 Å². The van der Waals surface area contributed by atoms with Crippen LogP contribution in [0.2, 0.25) is 5.02 Å². The minimum Gasteiger partial charge on any atom is -0.342 e. The number of halogens is 4. The molecule has 1 aromatic rings. The lowest BCUT2D eigenvalue weighted by molar-refractivity contribution is -0.136. The zero-order valence-electron chi connectivity index (χ0n) is 10.2. The highest BCUT2D eigenvalue weighted by Crippen LogP contribution is 2.38. The second-order valence-electron chi connectivity index (χ2n) is 4.42. The number of nitrogens with one attached hydrogen (secondary N) is 1. The molecule has 0 spiro atoms. The molecule has 0 saturated heterocycles. The van der Waals surface area contributed by atoms with Gasteiger partial charge in [0.05, 0.1) is 16.3 Å². The van der Waals surface area contributed by atoms with Crippen LogP contribution in [0.15, 0.2) is 23.2 Å². The van der Waals surface area contributed by atoms with Crippen LogP contribution in [-0.4, -0.2) is 12.4 Å². The molecule has 1 heterocycles. The number of amidine groups is 1. The summed E-state index contributed by atoms with van der Waals surface area (Å²) in [5.74, 6) is 0.580. The molecule has 2 rings (SSSR count). The van der Waals surface area contributed by atoms with Crippen LogP contribution in [0.4, 0.5) is 18.9 Å². The predicted octanol–water partition coefficient (Wildman–Crippen LogP) is 4.74. The maximum absolute atomic E-state index is 12.9. The van der Waals surface area contributed by atoms with Crippen molar-refractivity contribution in [1.29, 1.82) is 0 Å². The summed E-state index contributed by atoms with van der Waals surface area (Å²) in [7, 11) is 0. The van der Waals surface area contributed by atoms with E-state index in [4.69, 9.17) is 11.6 Å². The molecule has 0 unspecified atom stereocenters. The molecular formula is C13H14ClF3N2. The quantitative estimate of drug-likeness (QED) is 0.793. The van der Waals surface area contributed by atoms with Crippen molar-refractivity contribution in [2.45, 2.75) is 31.9 Å². The van der Waals surface area contributed by atoms with Gasteiger partial charge in [0.15, 0.2) is 0 Å². The van der Waals surface area contributed by atoms with Crippen LogP contribution >= 0.6 is 11.6 Å². The molecular weight excluding hydrogens is 277 g/mol. The predicted molar refractivity (Wildman–Crippen MR) is 70.8 cm³/mol. The highest BCUT2D eigenvalue weighted by molar-refractivity contribution is 6.34. The van der Waals surface area contributed by atoms with Gasteiger partial charge in [-0.25, -0.2) is 0 Å². The fourth-order valence-corrected chi connectivity index (χ4v) is 2.23. The molecule has 0 aromatic heterocycles. The topological polar surface area (TPSA) is 24.4 Å². The summed E-state index contributed by atoms with van der Waals surface area (Å²) in [5, 5.41) is 2.82. The summed E-state index contributed by atoms with van der Waals surface area (Å²) in [6.45, 7) is 0.647. The third-order valence-corrected chi connectivity index (χ3v) is 3.28. The van der Waals surface area contributed by atoms with Crippen molar-refractivity contribution in [2.75, 3.05) is 11.9 Å². The second-order valence-corrected chi connectivity index (χ2v) is 4.83. The Morgan fingerprint density at radius 1 is 1.16 bits per heavy atom. The summed E-state index contributed by atoms with van der Waals surface area (Å²) in [4.78, 5) is 4.26. The second kappa shape index (κ2) is 5.82. The van der Waals surface area contributed by atoms with E-state index in [9.17, 15) is 13.2 Å². The van der Waals surface area contributed by atoms with Crippen molar-refractivity contribution in [3.05, 3.63) is 28.8 Å². The number of anilines is 1. The van der Waals surface area contributed by atoms with Gasteiger partial charge >= 0.3 is 6.18 Å². The van der Waals surface area contributed by atoms with Crippen molar-refractivity contribution >= 4 is 23.1 Å². The van der Waals surface area contributed by atoms with Gasteiger partial charge in [-0.2, -0.15) is 13.2 Å². The number of alkyl halides is 3. The SMILES string of the molecule is FC(F)(F)c1cccc(Cl)c1NC1=NCCCCC1. The van der Waals surface area contributed by atoms with Gasteiger partial charge in [0, 0.05) is 13.0 Å². The number of hydrogen-bond donors (Lipinski definition) is 1. The van der Waals surface area contributed by atoms with E-state index in [1.165, 1.54) is 12.1 Å². The summed E-state index contributed by atoms with van der Waals surface area (Å²) in [6, 6.07) is 3.76. The molecule has 0 saturated carbocycles. The van der Waals surface area contributed by atoms with E-state index in [0.717, 1.165) is 25.3 Å². The zero-order chi connectivity index (χ0) is 13.9. The lowest BCUT2D eigenvalue weighted by Gasteiger charge is -2.16. The molecule has 1 aromatic carbocycles. The Balaban J connectivity index is 2.31. The van der Waals surface area contributed by atoms with E-state index in [1.807, 2.05) is 0 Å². The summed E-state index contributed by atoms with van der Waals surface area (Å²) in [5.41, 5.74) is -0.857. The first-order valence-electron chi connectivity index (χ1n) is 6.14. The zero-order valence-corrected chi connectivity index (χ0v) is 11.0. The Kier molecular flexibility index (Phi) is 4.34. The molecule has 1 N–H and O–H groups in total. The number of aliphatic imine (C=N–C) groups is 1. The smallest absolute Gasteiger partial charge is 0.342 e. The maximum atomic E-state index is 12.9. The van der Waals surface area contributed by atoms with Crippen LogP contribution in [0.25, 0.3) is 0 Å². The van der Waals surface area contributed by atoms with Crippen molar-refractivity contribution in [2.24, 2.45) is 4.99 Å². The third-order valence-electron chi connectivity index (χ3n) is 2.96. The van der Waals surface area contributed by atoms with Gasteiger partial charge in [0.2, 0.25) is 0 Å². The molecule has 1 aliphatic rings. The molecule has 1 aliphatic heterocycles. The first kappa shape index (κ1) is 14.2. The van der Waals surface area contributed by atoms with E-state index in [-0.39, 0.29) is 10.7 Å². The van der Waals surface area contributed by atoms with Crippen molar-refractivity contribution in [1.82, 2.24) is 0 Å². The van der Waals surface area contributed by atoms with E-state index < -0.39 is 11.7 Å². The van der Waals surface area contributed by atoms with Gasteiger partial charge in [-0.05, 0) is 25.0 Å². The minimum absolute atomic E-state index is 0.0572. The monoisotopic (exact) mass is 290 g/mol. The molecule has 0 bridgehead atoms. The number of para-hydroxylation sites is 1. The van der Waals surface area contributed by atoms with Gasteiger partial charge in [-0.1, -0.05) is 24.1 Å². The lowest BCUT2D eigenvalue weighted by Crippen LogP contribution is -2.17. The summed E-state index contributed by atoms with van der Waals surface area (Å²) >= 11 is 5.88. The van der Waals surface area contributed by atoms with E-state index in [0.29, 0.717) is 18.8 Å². The Morgan fingerprint density at radius 2 is 1.95 bits per heavy atom. The molecule has 6 heteroatoms. The van der Waals surface area contributed by atoms with Crippen LogP contribution < -0.4 is 5.32 Å². The molecule has 0 atom stereocenters. The lowest BCUT2D eigenvalue weighted by atomic mass is 10.1. The van der Waals surface area contributed by atoms with Crippen LogP contribution in [0.5, 0.6) is 0 Å². The average molecular weight is 291 g/mol. The molecule has 0 aliphatic carbocycles. The first-order valence-corrected chi connectivity index (χ1v) is 6.52. The van der Waals surface area contributed by atoms with Gasteiger partial charge in [0.25, 0.3) is 0 Å². The fourth-order valence-electron chi connectivity index (χ4n) is 2.01. The van der Waals surface area contributed by atoms with E-state index in [1.54, 1.807) is 0 Å². The summed E-state index contributed by atoms with van der Waals surface area (Å²) < 4.78 is 38.8. The number of hydrogen-bond acceptors (Lipinski definition) is 2. The molecule has 0 fully saturated rings. The van der Waals surface area contributed by atoms with Crippen LogP contribution in [-0.2, 0) is 6.18 Å². The maximum Gasteiger partial charge on any atom is 0.418 e. The standard InChI is InChI=1S/C13H14ClF3N2/c14-10-6-4-5-9(13(15,16)17)12(10)19-11-7-2-1-3-8-18-11/h4-6H,1-3,7-8H2,(H,18,19). The van der Waals surface area contributed by atoms with Crippen molar-refractivity contribution in [3.63, 3.8) is 0 Å². The highest BCUT2D eigenvalue weighted by Gasteiger charge is 2.34. The largest absolute Gasteiger partial charge is 0.418 e. The molecule has 19 heavy (non-hydrogen) atoms. The van der Waals surface area contributed by atoms with Crippen LogP contribution in [0.3, 0.4) is 0 Å². The van der Waals surface area contributed by atoms with Crippen LogP contribution in [0.1, 0.15) is 31.2 Å². The first-order chi connectivity index (χ1) is 8.98. The number of rotatable bonds is 1. The Morgan fingerprint density at radius 3 is 2.68 bits per heavy atom. The molecule has 0 amide bonds. The minimum atomic E-state index is -4.43. The normalized spacial score (nSPS) is 16.7. The Hall–Kier alpha value is -1.23. The average Bonchev–Trinajstić information content (AvgIpc) is 2.59. The highest BCUT2D eigenvalue weighted by atomic mass is 35.5. The molecule has 2 nitrogen and oxygen atoms in total. The Bertz CT molecular complexity index is 483. The molecule has 0 radical (unpaired) electrons. The van der Waals surface area contributed by atoms with Crippen LogP contribution in [0, 0.1) is 0 Å². The summed E-state index contributed by atoms with van der Waals surface area (Å²) in [6.07, 6.45) is -0.832. The number of benzene rings is 1. The van der Waals surface area contributed by atoms with Gasteiger partial charge in [-0.3, -0.25) is 4.99 Å². The van der Waals surface area contributed by atoms with Crippen molar-refractivity contribution < 1.29 is 13.2 Å². The van der Waals surface area contributed by atoms with Gasteiger partial charge in [0.1, 0.15) is 5.84 Å². The fraction of sp³-hybridized carbons (Fsp3) is 0.462. The van der Waals surface area contributed by atoms with E-state index in [2.05, 4.69) is 10.3 Å². The third kappa shape index (κ3) is 3.62. The molecule has 104 valence electrons. The van der Waals surface area contributed by atoms with Gasteiger partial charge < -0.3 is 5.32 Å². The number of nitrogens with zero attached hydrogens (tertiary/aromatic N) is 1.